The number of nitrogens with one attached hydrogen (secondary N) is 1. The number of carbonyl (C=O) groups is 1. The maximum Gasteiger partial charge on any atom is 0.224 e. The van der Waals surface area contributed by atoms with Gasteiger partial charge in [0.2, 0.25) is 5.91 Å². The van der Waals surface area contributed by atoms with Gasteiger partial charge in [0.1, 0.15) is 0 Å². The number of hydrogen-bond acceptors (Lipinski definition) is 3. The predicted octanol–water partition coefficient (Wildman–Crippen LogP) is 2.16. The molecule has 2 atom stereocenters. The van der Waals surface area contributed by atoms with Crippen LogP contribution in [0.15, 0.2) is 11.4 Å². The van der Waals surface area contributed by atoms with Gasteiger partial charge in [-0.25, -0.2) is 0 Å². The van der Waals surface area contributed by atoms with E-state index in [0.29, 0.717) is 24.4 Å². The maximum atomic E-state index is 11.8. The summed E-state index contributed by atoms with van der Waals surface area (Å²) in [5, 5.41) is 5.77. The molecule has 2 aliphatic heterocycles. The quantitative estimate of drug-likeness (QED) is 0.904. The van der Waals surface area contributed by atoms with E-state index in [-0.39, 0.29) is 0 Å². The van der Waals surface area contributed by atoms with Crippen molar-refractivity contribution in [2.45, 2.75) is 51.2 Å². The summed E-state index contributed by atoms with van der Waals surface area (Å²) in [5.41, 5.74) is 1.44. The Hall–Kier alpha value is -0.870. The highest BCUT2D eigenvalue weighted by atomic mass is 32.1. The molecule has 3 rings (SSSR count). The maximum absolute atomic E-state index is 11.8. The SMILES string of the molecule is CCc1ccsc1CNC1CC(=O)N2CCCC12. The molecule has 0 aromatic carbocycles. The molecule has 1 amide bonds. The molecule has 0 bridgehead atoms. The Labute approximate surface area is 112 Å². The van der Waals surface area contributed by atoms with E-state index < -0.39 is 0 Å². The molecular formula is C14H20N2OS. The second kappa shape index (κ2) is 5.02. The van der Waals surface area contributed by atoms with Gasteiger partial charge >= 0.3 is 0 Å². The van der Waals surface area contributed by atoms with E-state index in [9.17, 15) is 4.79 Å². The van der Waals surface area contributed by atoms with E-state index >= 15 is 0 Å². The van der Waals surface area contributed by atoms with E-state index in [1.165, 1.54) is 23.3 Å². The summed E-state index contributed by atoms with van der Waals surface area (Å²) in [4.78, 5) is 15.3. The minimum absolute atomic E-state index is 0.344. The first kappa shape index (κ1) is 12.2. The third-order valence-electron chi connectivity index (χ3n) is 4.22. The highest BCUT2D eigenvalue weighted by Crippen LogP contribution is 2.29. The second-order valence-corrected chi connectivity index (χ2v) is 6.21. The third kappa shape index (κ3) is 2.08. The smallest absolute Gasteiger partial charge is 0.224 e. The summed E-state index contributed by atoms with van der Waals surface area (Å²) in [6.45, 7) is 4.09. The number of nitrogens with zero attached hydrogens (tertiary/aromatic N) is 1. The van der Waals surface area contributed by atoms with Gasteiger partial charge in [0, 0.05) is 36.5 Å². The summed E-state index contributed by atoms with van der Waals surface area (Å²) in [5.74, 6) is 0.344. The van der Waals surface area contributed by atoms with Crippen LogP contribution in [0.2, 0.25) is 0 Å². The van der Waals surface area contributed by atoms with Gasteiger partial charge in [0.05, 0.1) is 0 Å². The standard InChI is InChI=1S/C14H20N2OS/c1-2-10-5-7-18-13(10)9-15-11-8-14(17)16-6-3-4-12(11)16/h5,7,11-12,15H,2-4,6,8-9H2,1H3. The summed E-state index contributed by atoms with van der Waals surface area (Å²) in [7, 11) is 0. The number of hydrogen-bond donors (Lipinski definition) is 1. The topological polar surface area (TPSA) is 32.3 Å². The molecule has 98 valence electrons. The summed E-state index contributed by atoms with van der Waals surface area (Å²) in [6.07, 6.45) is 4.14. The number of carbonyl (C=O) groups excluding carboxylic acids is 1. The molecule has 2 unspecified atom stereocenters. The lowest BCUT2D eigenvalue weighted by Gasteiger charge is -2.21. The Morgan fingerprint density at radius 2 is 2.44 bits per heavy atom. The van der Waals surface area contributed by atoms with Crippen LogP contribution in [0.3, 0.4) is 0 Å². The van der Waals surface area contributed by atoms with Crippen molar-refractivity contribution in [3.63, 3.8) is 0 Å². The molecule has 1 aromatic rings. The average Bonchev–Trinajstić information content (AvgIpc) is 3.05. The van der Waals surface area contributed by atoms with Crippen molar-refractivity contribution in [1.29, 1.82) is 0 Å². The lowest BCUT2D eigenvalue weighted by Crippen LogP contribution is -2.38. The van der Waals surface area contributed by atoms with Crippen LogP contribution in [0.4, 0.5) is 0 Å². The summed E-state index contributed by atoms with van der Waals surface area (Å²) < 4.78 is 0. The Balaban J connectivity index is 1.62. The molecule has 3 heterocycles. The van der Waals surface area contributed by atoms with Gasteiger partial charge < -0.3 is 10.2 Å². The van der Waals surface area contributed by atoms with Gasteiger partial charge in [0.15, 0.2) is 0 Å². The number of fused-ring (bicyclic) bond motifs is 1. The summed E-state index contributed by atoms with van der Waals surface area (Å²) >= 11 is 1.82. The molecule has 0 aliphatic carbocycles. The van der Waals surface area contributed by atoms with Crippen LogP contribution in [0.5, 0.6) is 0 Å². The lowest BCUT2D eigenvalue weighted by molar-refractivity contribution is -0.127. The minimum Gasteiger partial charge on any atom is -0.338 e. The minimum atomic E-state index is 0.344. The number of amides is 1. The fraction of sp³-hybridized carbons (Fsp3) is 0.643. The summed E-state index contributed by atoms with van der Waals surface area (Å²) in [6, 6.07) is 3.04. The number of rotatable bonds is 4. The van der Waals surface area contributed by atoms with Gasteiger partial charge in [-0.15, -0.1) is 11.3 Å². The molecule has 2 fully saturated rings. The molecule has 1 N–H and O–H groups in total. The normalized spacial score (nSPS) is 26.9. The zero-order valence-corrected chi connectivity index (χ0v) is 11.6. The molecular weight excluding hydrogens is 244 g/mol. The molecule has 0 saturated carbocycles. The van der Waals surface area contributed by atoms with Gasteiger partial charge in [-0.05, 0) is 36.3 Å². The number of aryl methyl sites for hydroxylation is 1. The molecule has 2 aliphatic rings. The largest absolute Gasteiger partial charge is 0.338 e. The monoisotopic (exact) mass is 264 g/mol. The van der Waals surface area contributed by atoms with Gasteiger partial charge in [-0.1, -0.05) is 6.92 Å². The van der Waals surface area contributed by atoms with Crippen LogP contribution in [0, 0.1) is 0 Å². The average molecular weight is 264 g/mol. The Morgan fingerprint density at radius 3 is 3.28 bits per heavy atom. The Morgan fingerprint density at radius 1 is 1.56 bits per heavy atom. The van der Waals surface area contributed by atoms with E-state index in [4.69, 9.17) is 0 Å². The highest BCUT2D eigenvalue weighted by Gasteiger charge is 2.41. The lowest BCUT2D eigenvalue weighted by atomic mass is 10.1. The van der Waals surface area contributed by atoms with Crippen molar-refractivity contribution in [1.82, 2.24) is 10.2 Å². The first-order valence-electron chi connectivity index (χ1n) is 6.87. The third-order valence-corrected chi connectivity index (χ3v) is 5.19. The molecule has 2 saturated heterocycles. The van der Waals surface area contributed by atoms with Crippen LogP contribution in [-0.4, -0.2) is 29.4 Å². The first-order chi connectivity index (χ1) is 8.79. The van der Waals surface area contributed by atoms with E-state index in [1.54, 1.807) is 0 Å². The van der Waals surface area contributed by atoms with E-state index in [0.717, 1.165) is 19.5 Å². The molecule has 4 heteroatoms. The zero-order chi connectivity index (χ0) is 12.5. The van der Waals surface area contributed by atoms with Crippen molar-refractivity contribution in [3.05, 3.63) is 21.9 Å². The Kier molecular flexibility index (Phi) is 3.39. The van der Waals surface area contributed by atoms with Crippen LogP contribution >= 0.6 is 11.3 Å². The molecule has 3 nitrogen and oxygen atoms in total. The van der Waals surface area contributed by atoms with Crippen LogP contribution < -0.4 is 5.32 Å². The molecule has 18 heavy (non-hydrogen) atoms. The van der Waals surface area contributed by atoms with Gasteiger partial charge in [-0.3, -0.25) is 4.79 Å². The zero-order valence-electron chi connectivity index (χ0n) is 10.8. The van der Waals surface area contributed by atoms with Crippen molar-refractivity contribution in [2.75, 3.05) is 6.54 Å². The first-order valence-corrected chi connectivity index (χ1v) is 7.75. The fourth-order valence-corrected chi connectivity index (χ4v) is 4.16. The van der Waals surface area contributed by atoms with Gasteiger partial charge in [0.25, 0.3) is 0 Å². The molecule has 1 aromatic heterocycles. The van der Waals surface area contributed by atoms with Crippen LogP contribution in [0.25, 0.3) is 0 Å². The van der Waals surface area contributed by atoms with E-state index in [2.05, 4.69) is 28.6 Å². The number of thiophene rings is 1. The van der Waals surface area contributed by atoms with Crippen LogP contribution in [-0.2, 0) is 17.8 Å². The van der Waals surface area contributed by atoms with Crippen molar-refractivity contribution < 1.29 is 4.79 Å². The Bertz CT molecular complexity index is 443. The van der Waals surface area contributed by atoms with Crippen molar-refractivity contribution in [2.24, 2.45) is 0 Å². The van der Waals surface area contributed by atoms with E-state index in [1.807, 2.05) is 11.3 Å². The fourth-order valence-electron chi connectivity index (χ4n) is 3.23. The van der Waals surface area contributed by atoms with Crippen LogP contribution in [0.1, 0.15) is 36.6 Å². The highest BCUT2D eigenvalue weighted by molar-refractivity contribution is 7.10. The predicted molar refractivity (Wildman–Crippen MR) is 73.7 cm³/mol. The van der Waals surface area contributed by atoms with Gasteiger partial charge in [-0.2, -0.15) is 0 Å². The molecule has 0 spiro atoms. The van der Waals surface area contributed by atoms with Crippen molar-refractivity contribution >= 4 is 17.2 Å². The molecule has 0 radical (unpaired) electrons. The second-order valence-electron chi connectivity index (χ2n) is 5.21. The van der Waals surface area contributed by atoms with Crippen molar-refractivity contribution in [3.8, 4) is 0 Å².